The van der Waals surface area contributed by atoms with Gasteiger partial charge >= 0.3 is 0 Å². The van der Waals surface area contributed by atoms with Crippen LogP contribution in [0.3, 0.4) is 0 Å². The molecule has 110 valence electrons. The van der Waals surface area contributed by atoms with Gasteiger partial charge in [0, 0.05) is 0 Å². The van der Waals surface area contributed by atoms with E-state index in [0.29, 0.717) is 0 Å². The predicted molar refractivity (Wildman–Crippen MR) is 86.8 cm³/mol. The normalized spacial score (nSPS) is 8.47. The van der Waals surface area contributed by atoms with Crippen LogP contribution >= 0.6 is 0 Å². The standard InChI is InChI=1S/C10H22.C3H8.2C2H6/c1-5-7-10(8-6-2)9(3)4;1-3-2;2*1-2/h9-10H,5-8H2,1-4H3;3H2,1-2H3;2*1-2H3. The molecule has 0 aromatic rings. The van der Waals surface area contributed by atoms with E-state index in [1.807, 2.05) is 27.7 Å². The average Bonchev–Trinajstić information content (AvgIpc) is 2.35. The lowest BCUT2D eigenvalue weighted by Crippen LogP contribution is -2.07. The zero-order valence-electron chi connectivity index (χ0n) is 14.7. The van der Waals surface area contributed by atoms with Gasteiger partial charge < -0.3 is 0 Å². The zero-order chi connectivity index (χ0) is 14.7. The quantitative estimate of drug-likeness (QED) is 0.476. The summed E-state index contributed by atoms with van der Waals surface area (Å²) in [5.41, 5.74) is 0. The van der Waals surface area contributed by atoms with Crippen LogP contribution in [0.5, 0.6) is 0 Å². The Bertz CT molecular complexity index is 68.1. The van der Waals surface area contributed by atoms with E-state index in [1.165, 1.54) is 32.1 Å². The van der Waals surface area contributed by atoms with Gasteiger partial charge in [-0.2, -0.15) is 0 Å². The summed E-state index contributed by atoms with van der Waals surface area (Å²) in [7, 11) is 0. The third-order valence-electron chi connectivity index (χ3n) is 2.26. The number of hydrogen-bond acceptors (Lipinski definition) is 0. The summed E-state index contributed by atoms with van der Waals surface area (Å²) in [5, 5.41) is 0. The highest BCUT2D eigenvalue weighted by Crippen LogP contribution is 2.21. The molecule has 0 amide bonds. The lowest BCUT2D eigenvalue weighted by molar-refractivity contribution is 0.331. The molecule has 0 aliphatic heterocycles. The summed E-state index contributed by atoms with van der Waals surface area (Å²) in [6.45, 7) is 21.5. The Balaban J connectivity index is -0.000000102. The van der Waals surface area contributed by atoms with Gasteiger partial charge in [-0.3, -0.25) is 0 Å². The lowest BCUT2D eigenvalue weighted by Gasteiger charge is -2.18. The van der Waals surface area contributed by atoms with Crippen molar-refractivity contribution >= 4 is 0 Å². The summed E-state index contributed by atoms with van der Waals surface area (Å²) in [6, 6.07) is 0. The van der Waals surface area contributed by atoms with Crippen molar-refractivity contribution in [3.05, 3.63) is 0 Å². The second kappa shape index (κ2) is 29.8. The highest BCUT2D eigenvalue weighted by atomic mass is 14.2. The second-order valence-electron chi connectivity index (χ2n) is 4.29. The fraction of sp³-hybridized carbons (Fsp3) is 1.00. The minimum Gasteiger partial charge on any atom is -0.0683 e. The molecular formula is C17H42. The van der Waals surface area contributed by atoms with Gasteiger partial charge in [-0.1, -0.05) is 101 Å². The fourth-order valence-corrected chi connectivity index (χ4v) is 1.55. The molecule has 0 atom stereocenters. The van der Waals surface area contributed by atoms with Gasteiger partial charge in [0.2, 0.25) is 0 Å². The third-order valence-corrected chi connectivity index (χ3v) is 2.26. The summed E-state index contributed by atoms with van der Waals surface area (Å²) >= 11 is 0. The van der Waals surface area contributed by atoms with Crippen LogP contribution in [-0.2, 0) is 0 Å². The lowest BCUT2D eigenvalue weighted by atomic mass is 9.88. The summed E-state index contributed by atoms with van der Waals surface area (Å²) in [4.78, 5) is 0. The van der Waals surface area contributed by atoms with Crippen LogP contribution in [0.4, 0.5) is 0 Å². The van der Waals surface area contributed by atoms with Crippen LogP contribution in [-0.4, -0.2) is 0 Å². The zero-order valence-corrected chi connectivity index (χ0v) is 14.7. The molecule has 0 aliphatic carbocycles. The molecule has 0 unspecified atom stereocenters. The van der Waals surface area contributed by atoms with Crippen molar-refractivity contribution in [1.82, 2.24) is 0 Å². The van der Waals surface area contributed by atoms with Crippen LogP contribution in [0.1, 0.15) is 101 Å². The van der Waals surface area contributed by atoms with Gasteiger partial charge in [-0.25, -0.2) is 0 Å². The fourth-order valence-electron chi connectivity index (χ4n) is 1.55. The molecular weight excluding hydrogens is 204 g/mol. The van der Waals surface area contributed by atoms with E-state index in [1.54, 1.807) is 0 Å². The Morgan fingerprint density at radius 2 is 0.882 bits per heavy atom. The molecule has 0 nitrogen and oxygen atoms in total. The Hall–Kier alpha value is 0. The van der Waals surface area contributed by atoms with E-state index in [-0.39, 0.29) is 0 Å². The van der Waals surface area contributed by atoms with Gasteiger partial charge in [0.1, 0.15) is 0 Å². The van der Waals surface area contributed by atoms with Crippen LogP contribution in [0.2, 0.25) is 0 Å². The summed E-state index contributed by atoms with van der Waals surface area (Å²) in [6.07, 6.45) is 6.79. The van der Waals surface area contributed by atoms with Crippen molar-refractivity contribution in [2.45, 2.75) is 101 Å². The van der Waals surface area contributed by atoms with Gasteiger partial charge in [0.05, 0.1) is 0 Å². The molecule has 0 saturated carbocycles. The Labute approximate surface area is 114 Å². The first kappa shape index (κ1) is 25.8. The molecule has 0 heteroatoms. The minimum absolute atomic E-state index is 0.889. The maximum Gasteiger partial charge on any atom is -0.0391 e. The Morgan fingerprint density at radius 1 is 0.647 bits per heavy atom. The topological polar surface area (TPSA) is 0 Å². The predicted octanol–water partition coefficient (Wildman–Crippen LogP) is 7.33. The van der Waals surface area contributed by atoms with Crippen molar-refractivity contribution in [3.8, 4) is 0 Å². The smallest absolute Gasteiger partial charge is 0.0391 e. The van der Waals surface area contributed by atoms with Crippen molar-refractivity contribution in [3.63, 3.8) is 0 Å². The van der Waals surface area contributed by atoms with Gasteiger partial charge in [-0.05, 0) is 11.8 Å². The molecule has 0 aromatic heterocycles. The molecule has 0 N–H and O–H groups in total. The first-order valence-electron chi connectivity index (χ1n) is 8.13. The minimum atomic E-state index is 0.889. The van der Waals surface area contributed by atoms with Gasteiger partial charge in [-0.15, -0.1) is 0 Å². The molecule has 0 bridgehead atoms. The van der Waals surface area contributed by atoms with E-state index < -0.39 is 0 Å². The van der Waals surface area contributed by atoms with E-state index in [2.05, 4.69) is 41.5 Å². The van der Waals surface area contributed by atoms with Crippen molar-refractivity contribution in [2.75, 3.05) is 0 Å². The molecule has 0 spiro atoms. The van der Waals surface area contributed by atoms with Crippen LogP contribution in [0.25, 0.3) is 0 Å². The number of hydrogen-bond donors (Lipinski definition) is 0. The van der Waals surface area contributed by atoms with Gasteiger partial charge in [0.25, 0.3) is 0 Å². The summed E-state index contributed by atoms with van der Waals surface area (Å²) in [5.74, 6) is 1.87. The largest absolute Gasteiger partial charge is 0.0683 e. The average molecular weight is 247 g/mol. The second-order valence-corrected chi connectivity index (χ2v) is 4.29. The highest BCUT2D eigenvalue weighted by molar-refractivity contribution is 4.61. The van der Waals surface area contributed by atoms with Gasteiger partial charge in [0.15, 0.2) is 0 Å². The molecule has 0 saturated heterocycles. The van der Waals surface area contributed by atoms with Crippen molar-refractivity contribution in [1.29, 1.82) is 0 Å². The SMILES string of the molecule is CC.CC.CCC.CCCC(CCC)C(C)C. The van der Waals surface area contributed by atoms with Crippen LogP contribution in [0.15, 0.2) is 0 Å². The molecule has 0 heterocycles. The van der Waals surface area contributed by atoms with E-state index in [0.717, 1.165) is 11.8 Å². The monoisotopic (exact) mass is 246 g/mol. The molecule has 0 aliphatic rings. The van der Waals surface area contributed by atoms with Crippen molar-refractivity contribution in [2.24, 2.45) is 11.8 Å². The highest BCUT2D eigenvalue weighted by Gasteiger charge is 2.09. The van der Waals surface area contributed by atoms with Crippen LogP contribution < -0.4 is 0 Å². The van der Waals surface area contributed by atoms with Crippen LogP contribution in [0, 0.1) is 11.8 Å². The molecule has 0 aromatic carbocycles. The molecule has 17 heavy (non-hydrogen) atoms. The maximum absolute atomic E-state index is 2.34. The first-order chi connectivity index (χ1) is 8.13. The third kappa shape index (κ3) is 31.4. The Kier molecular flexibility index (Phi) is 45.1. The van der Waals surface area contributed by atoms with Crippen molar-refractivity contribution < 1.29 is 0 Å². The summed E-state index contributed by atoms with van der Waals surface area (Å²) < 4.78 is 0. The van der Waals surface area contributed by atoms with E-state index in [4.69, 9.17) is 0 Å². The number of rotatable bonds is 5. The van der Waals surface area contributed by atoms with E-state index >= 15 is 0 Å². The first-order valence-corrected chi connectivity index (χ1v) is 8.13. The molecule has 0 radical (unpaired) electrons. The Morgan fingerprint density at radius 3 is 1.00 bits per heavy atom. The molecule has 0 rings (SSSR count). The maximum atomic E-state index is 2.34. The van der Waals surface area contributed by atoms with E-state index in [9.17, 15) is 0 Å². The molecule has 0 fully saturated rings.